The van der Waals surface area contributed by atoms with Gasteiger partial charge in [-0.1, -0.05) is 49.2 Å². The van der Waals surface area contributed by atoms with Gasteiger partial charge in [0.15, 0.2) is 11.5 Å². The third-order valence-electron chi connectivity index (χ3n) is 5.82. The molecule has 1 N–H and O–H groups in total. The lowest BCUT2D eigenvalue weighted by Gasteiger charge is -2.32. The summed E-state index contributed by atoms with van der Waals surface area (Å²) >= 11 is 12.4. The first-order valence-electron chi connectivity index (χ1n) is 11.5. The van der Waals surface area contributed by atoms with E-state index < -0.39 is 6.04 Å². The molecule has 2 rings (SSSR count). The van der Waals surface area contributed by atoms with E-state index in [4.69, 9.17) is 32.7 Å². The zero-order valence-corrected chi connectivity index (χ0v) is 22.0. The average molecular weight is 509 g/mol. The number of aryl methyl sites for hydroxylation is 1. The van der Waals surface area contributed by atoms with Gasteiger partial charge in [0.2, 0.25) is 11.8 Å². The Hall–Kier alpha value is -2.44. The molecule has 0 fully saturated rings. The van der Waals surface area contributed by atoms with Crippen molar-refractivity contribution in [3.8, 4) is 11.5 Å². The highest BCUT2D eigenvalue weighted by Gasteiger charge is 2.29. The van der Waals surface area contributed by atoms with E-state index in [0.717, 1.165) is 17.5 Å². The summed E-state index contributed by atoms with van der Waals surface area (Å²) < 4.78 is 10.7. The Balaban J connectivity index is 2.27. The molecule has 2 amide bonds. The number of hydrogen-bond acceptors (Lipinski definition) is 4. The van der Waals surface area contributed by atoms with Crippen molar-refractivity contribution in [1.82, 2.24) is 10.2 Å². The molecular formula is C26H34Cl2N2O4. The topological polar surface area (TPSA) is 67.9 Å². The van der Waals surface area contributed by atoms with Crippen molar-refractivity contribution >= 4 is 35.0 Å². The van der Waals surface area contributed by atoms with Crippen LogP contribution in [-0.4, -0.2) is 43.0 Å². The van der Waals surface area contributed by atoms with Gasteiger partial charge in [0.1, 0.15) is 6.04 Å². The second kappa shape index (κ2) is 13.4. The molecule has 0 heterocycles. The Morgan fingerprint density at radius 3 is 2.29 bits per heavy atom. The van der Waals surface area contributed by atoms with Gasteiger partial charge in [-0.3, -0.25) is 9.59 Å². The molecule has 186 valence electrons. The van der Waals surface area contributed by atoms with Gasteiger partial charge in [-0.05, 0) is 61.6 Å². The van der Waals surface area contributed by atoms with Gasteiger partial charge in [0.25, 0.3) is 0 Å². The number of amides is 2. The fourth-order valence-corrected chi connectivity index (χ4v) is 4.09. The lowest BCUT2D eigenvalue weighted by atomic mass is 10.1. The zero-order valence-electron chi connectivity index (χ0n) is 20.5. The molecule has 2 aromatic rings. The van der Waals surface area contributed by atoms with Crippen molar-refractivity contribution in [2.24, 2.45) is 0 Å². The predicted octanol–water partition coefficient (Wildman–Crippen LogP) is 5.67. The maximum atomic E-state index is 13.5. The number of ether oxygens (including phenoxy) is 2. The number of rotatable bonds is 12. The highest BCUT2D eigenvalue weighted by atomic mass is 35.5. The molecule has 0 aliphatic carbocycles. The van der Waals surface area contributed by atoms with E-state index in [1.165, 1.54) is 0 Å². The Kier molecular flexibility index (Phi) is 11.0. The largest absolute Gasteiger partial charge is 0.493 e. The van der Waals surface area contributed by atoms with Gasteiger partial charge in [-0.25, -0.2) is 0 Å². The summed E-state index contributed by atoms with van der Waals surface area (Å²) in [6, 6.07) is 10.2. The van der Waals surface area contributed by atoms with Gasteiger partial charge >= 0.3 is 0 Å². The summed E-state index contributed by atoms with van der Waals surface area (Å²) in [6.07, 6.45) is 2.01. The summed E-state index contributed by atoms with van der Waals surface area (Å²) in [6.45, 7) is 6.07. The standard InChI is InChI=1S/C26H34Cl2N2O4/c1-6-17(3)29-26(32)22(7-2)30(16-19-10-11-20(27)15-21(19)28)25(31)13-9-18-8-12-23(33-4)24(14-18)34-5/h8,10-12,14-15,17,22H,6-7,9,13,16H2,1-5H3,(H,29,32)/t17-,22-/m0/s1. The minimum absolute atomic E-state index is 0.0179. The smallest absolute Gasteiger partial charge is 0.243 e. The Morgan fingerprint density at radius 2 is 1.71 bits per heavy atom. The van der Waals surface area contributed by atoms with Crippen LogP contribution in [-0.2, 0) is 22.6 Å². The Labute approximate surface area is 212 Å². The number of benzene rings is 2. The molecule has 8 heteroatoms. The number of nitrogens with one attached hydrogen (secondary N) is 1. The molecule has 6 nitrogen and oxygen atoms in total. The third kappa shape index (κ3) is 7.54. The normalized spacial score (nSPS) is 12.6. The van der Waals surface area contributed by atoms with Crippen molar-refractivity contribution in [3.63, 3.8) is 0 Å². The van der Waals surface area contributed by atoms with Gasteiger partial charge in [-0.2, -0.15) is 0 Å². The number of carbonyl (C=O) groups is 2. The van der Waals surface area contributed by atoms with E-state index in [1.807, 2.05) is 39.0 Å². The molecular weight excluding hydrogens is 475 g/mol. The summed E-state index contributed by atoms with van der Waals surface area (Å²) in [4.78, 5) is 28.1. The van der Waals surface area contributed by atoms with Crippen LogP contribution in [0.5, 0.6) is 11.5 Å². The number of methoxy groups -OCH3 is 2. The first-order valence-corrected chi connectivity index (χ1v) is 12.2. The minimum Gasteiger partial charge on any atom is -0.493 e. The van der Waals surface area contributed by atoms with Crippen molar-refractivity contribution in [2.45, 2.75) is 65.1 Å². The van der Waals surface area contributed by atoms with Gasteiger partial charge in [0.05, 0.1) is 14.2 Å². The van der Waals surface area contributed by atoms with Crippen molar-refractivity contribution in [3.05, 3.63) is 57.6 Å². The van der Waals surface area contributed by atoms with E-state index >= 15 is 0 Å². The molecule has 0 aliphatic rings. The SMILES string of the molecule is CC[C@H](C)NC(=O)[C@H](CC)N(Cc1ccc(Cl)cc1Cl)C(=O)CCc1ccc(OC)c(OC)c1. The van der Waals surface area contributed by atoms with Crippen LogP contribution in [0.3, 0.4) is 0 Å². The van der Waals surface area contributed by atoms with Gasteiger partial charge < -0.3 is 19.7 Å². The number of carbonyl (C=O) groups excluding carboxylic acids is 2. The van der Waals surface area contributed by atoms with E-state index in [9.17, 15) is 9.59 Å². The van der Waals surface area contributed by atoms with E-state index in [0.29, 0.717) is 34.4 Å². The Morgan fingerprint density at radius 1 is 1.00 bits per heavy atom. The van der Waals surface area contributed by atoms with Gasteiger partial charge in [-0.15, -0.1) is 0 Å². The quantitative estimate of drug-likeness (QED) is 0.401. The molecule has 0 saturated heterocycles. The highest BCUT2D eigenvalue weighted by Crippen LogP contribution is 2.28. The number of halogens is 2. The minimum atomic E-state index is -0.612. The summed E-state index contributed by atoms with van der Waals surface area (Å²) in [5.74, 6) is 0.939. The Bertz CT molecular complexity index is 983. The summed E-state index contributed by atoms with van der Waals surface area (Å²) in [7, 11) is 3.16. The maximum Gasteiger partial charge on any atom is 0.243 e. The third-order valence-corrected chi connectivity index (χ3v) is 6.41. The number of hydrogen-bond donors (Lipinski definition) is 1. The lowest BCUT2D eigenvalue weighted by molar-refractivity contribution is -0.141. The lowest BCUT2D eigenvalue weighted by Crippen LogP contribution is -2.50. The molecule has 34 heavy (non-hydrogen) atoms. The van der Waals surface area contributed by atoms with E-state index in [1.54, 1.807) is 37.3 Å². The fraction of sp³-hybridized carbons (Fsp3) is 0.462. The van der Waals surface area contributed by atoms with E-state index in [-0.39, 0.29) is 30.8 Å². The van der Waals surface area contributed by atoms with Crippen LogP contribution in [0.1, 0.15) is 51.2 Å². The van der Waals surface area contributed by atoms with Crippen LogP contribution >= 0.6 is 23.2 Å². The molecule has 0 saturated carbocycles. The van der Waals surface area contributed by atoms with Crippen molar-refractivity contribution in [2.75, 3.05) is 14.2 Å². The predicted molar refractivity (Wildman–Crippen MR) is 137 cm³/mol. The van der Waals surface area contributed by atoms with Crippen LogP contribution in [0.15, 0.2) is 36.4 Å². The molecule has 0 aliphatic heterocycles. The first kappa shape index (κ1) is 27.8. The van der Waals surface area contributed by atoms with Crippen LogP contribution in [0.25, 0.3) is 0 Å². The van der Waals surface area contributed by atoms with Crippen LogP contribution in [0.2, 0.25) is 10.0 Å². The van der Waals surface area contributed by atoms with Crippen molar-refractivity contribution in [1.29, 1.82) is 0 Å². The molecule has 2 atom stereocenters. The van der Waals surface area contributed by atoms with Crippen molar-refractivity contribution < 1.29 is 19.1 Å². The van der Waals surface area contributed by atoms with Crippen LogP contribution < -0.4 is 14.8 Å². The fourth-order valence-electron chi connectivity index (χ4n) is 3.63. The molecule has 0 unspecified atom stereocenters. The van der Waals surface area contributed by atoms with Crippen LogP contribution in [0, 0.1) is 0 Å². The van der Waals surface area contributed by atoms with E-state index in [2.05, 4.69) is 5.32 Å². The number of nitrogens with zero attached hydrogens (tertiary/aromatic N) is 1. The van der Waals surface area contributed by atoms with Crippen LogP contribution in [0.4, 0.5) is 0 Å². The molecule has 0 aromatic heterocycles. The molecule has 0 bridgehead atoms. The molecule has 2 aromatic carbocycles. The zero-order chi connectivity index (χ0) is 25.3. The monoisotopic (exact) mass is 508 g/mol. The maximum absolute atomic E-state index is 13.5. The second-order valence-corrected chi connectivity index (χ2v) is 9.03. The second-order valence-electron chi connectivity index (χ2n) is 8.19. The molecule has 0 spiro atoms. The summed E-state index contributed by atoms with van der Waals surface area (Å²) in [5, 5.41) is 3.99. The first-order chi connectivity index (χ1) is 16.2. The highest BCUT2D eigenvalue weighted by molar-refractivity contribution is 6.35. The summed E-state index contributed by atoms with van der Waals surface area (Å²) in [5.41, 5.74) is 1.67. The molecule has 0 radical (unpaired) electrons. The van der Waals surface area contributed by atoms with Gasteiger partial charge in [0, 0.05) is 29.1 Å². The average Bonchev–Trinajstić information content (AvgIpc) is 2.83.